The summed E-state index contributed by atoms with van der Waals surface area (Å²) in [6, 6.07) is 22.8. The van der Waals surface area contributed by atoms with Crippen LogP contribution in [0.2, 0.25) is 0 Å². The van der Waals surface area contributed by atoms with Crippen LogP contribution < -0.4 is 4.72 Å². The third kappa shape index (κ3) is 6.07. The van der Waals surface area contributed by atoms with Gasteiger partial charge in [0.1, 0.15) is 6.04 Å². The van der Waals surface area contributed by atoms with Gasteiger partial charge < -0.3 is 0 Å². The van der Waals surface area contributed by atoms with E-state index in [9.17, 15) is 8.42 Å². The topological polar surface area (TPSA) is 46.2 Å². The Labute approximate surface area is 180 Å². The Morgan fingerprint density at radius 1 is 0.862 bits per heavy atom. The first-order chi connectivity index (χ1) is 13.9. The Balaban J connectivity index is 1.90. The monoisotopic (exact) mass is 463 g/mol. The molecule has 144 valence electrons. The van der Waals surface area contributed by atoms with Crippen molar-refractivity contribution in [2.75, 3.05) is 0 Å². The standard InChI is InChI=1S/C24H18BrNO2S/c1-19-11-17-23(18-12-19)29(27,28)26-24(21-13-15-22(25)16-14-21)10-6-5-9-20-7-3-2-4-8-20/h2-4,7-8,11-18,24,26H,1H3/t24-/m1/s1. The lowest BCUT2D eigenvalue weighted by Gasteiger charge is -2.14. The van der Waals surface area contributed by atoms with Crippen molar-refractivity contribution in [3.63, 3.8) is 0 Å². The van der Waals surface area contributed by atoms with E-state index in [1.165, 1.54) is 0 Å². The molecule has 0 radical (unpaired) electrons. The van der Waals surface area contributed by atoms with Crippen molar-refractivity contribution in [1.29, 1.82) is 0 Å². The SMILES string of the molecule is Cc1ccc(S(=O)(=O)N[C@H](C#CC#Cc2ccccc2)c2ccc(Br)cc2)cc1. The number of rotatable bonds is 4. The molecule has 1 N–H and O–H groups in total. The van der Waals surface area contributed by atoms with Crippen LogP contribution in [0.15, 0.2) is 88.2 Å². The molecule has 0 fully saturated rings. The smallest absolute Gasteiger partial charge is 0.207 e. The van der Waals surface area contributed by atoms with Crippen LogP contribution in [0, 0.1) is 30.6 Å². The molecule has 0 aliphatic carbocycles. The van der Waals surface area contributed by atoms with Crippen molar-refractivity contribution in [2.24, 2.45) is 0 Å². The molecule has 0 heterocycles. The zero-order chi connectivity index (χ0) is 20.7. The van der Waals surface area contributed by atoms with Crippen molar-refractivity contribution >= 4 is 26.0 Å². The van der Waals surface area contributed by atoms with E-state index in [0.717, 1.165) is 21.2 Å². The van der Waals surface area contributed by atoms with E-state index in [-0.39, 0.29) is 4.90 Å². The van der Waals surface area contributed by atoms with Gasteiger partial charge in [0.2, 0.25) is 10.0 Å². The summed E-state index contributed by atoms with van der Waals surface area (Å²) in [6.45, 7) is 1.91. The zero-order valence-electron chi connectivity index (χ0n) is 15.7. The van der Waals surface area contributed by atoms with Gasteiger partial charge in [0.05, 0.1) is 4.90 Å². The van der Waals surface area contributed by atoms with Crippen molar-refractivity contribution < 1.29 is 8.42 Å². The van der Waals surface area contributed by atoms with Gasteiger partial charge in [-0.15, -0.1) is 0 Å². The summed E-state index contributed by atoms with van der Waals surface area (Å²) in [6.07, 6.45) is 0. The van der Waals surface area contributed by atoms with Crippen LogP contribution in [-0.2, 0) is 10.0 Å². The molecule has 3 aromatic carbocycles. The number of hydrogen-bond acceptors (Lipinski definition) is 2. The maximum absolute atomic E-state index is 12.8. The summed E-state index contributed by atoms with van der Waals surface area (Å²) in [5.74, 6) is 11.5. The molecule has 0 unspecified atom stereocenters. The molecule has 3 nitrogen and oxygen atoms in total. The molecule has 0 aliphatic heterocycles. The molecule has 1 atom stereocenters. The van der Waals surface area contributed by atoms with Crippen LogP contribution >= 0.6 is 15.9 Å². The van der Waals surface area contributed by atoms with Gasteiger partial charge >= 0.3 is 0 Å². The van der Waals surface area contributed by atoms with Gasteiger partial charge in [-0.3, -0.25) is 0 Å². The second-order valence-corrected chi connectivity index (χ2v) is 8.93. The van der Waals surface area contributed by atoms with Crippen LogP contribution in [0.4, 0.5) is 0 Å². The summed E-state index contributed by atoms with van der Waals surface area (Å²) >= 11 is 3.39. The maximum atomic E-state index is 12.8. The summed E-state index contributed by atoms with van der Waals surface area (Å²) in [5.41, 5.74) is 2.57. The number of aryl methyl sites for hydroxylation is 1. The molecule has 0 amide bonds. The number of halogens is 1. The van der Waals surface area contributed by atoms with Crippen molar-refractivity contribution in [3.8, 4) is 23.7 Å². The minimum atomic E-state index is -3.74. The molecule has 0 aliphatic rings. The fraction of sp³-hybridized carbons (Fsp3) is 0.0833. The first-order valence-electron chi connectivity index (χ1n) is 8.85. The van der Waals surface area contributed by atoms with E-state index in [1.54, 1.807) is 24.3 Å². The number of sulfonamides is 1. The molecule has 0 saturated carbocycles. The molecule has 3 aromatic rings. The highest BCUT2D eigenvalue weighted by atomic mass is 79.9. The van der Waals surface area contributed by atoms with E-state index >= 15 is 0 Å². The zero-order valence-corrected chi connectivity index (χ0v) is 18.1. The summed E-state index contributed by atoms with van der Waals surface area (Å²) < 4.78 is 29.2. The maximum Gasteiger partial charge on any atom is 0.241 e. The normalized spacial score (nSPS) is 11.5. The highest BCUT2D eigenvalue weighted by Crippen LogP contribution is 2.19. The van der Waals surface area contributed by atoms with Crippen LogP contribution in [0.1, 0.15) is 22.7 Å². The summed E-state index contributed by atoms with van der Waals surface area (Å²) in [4.78, 5) is 0.197. The number of hydrogen-bond donors (Lipinski definition) is 1. The molecule has 5 heteroatoms. The summed E-state index contributed by atoms with van der Waals surface area (Å²) in [5, 5.41) is 0. The lowest BCUT2D eigenvalue weighted by molar-refractivity contribution is 0.576. The second kappa shape index (κ2) is 9.58. The molecule has 0 aromatic heterocycles. The Bertz CT molecular complexity index is 1200. The van der Waals surface area contributed by atoms with Crippen molar-refractivity contribution in [3.05, 3.63) is 100 Å². The highest BCUT2D eigenvalue weighted by molar-refractivity contribution is 9.10. The number of benzene rings is 3. The Hall–Kier alpha value is -2.83. The van der Waals surface area contributed by atoms with Crippen LogP contribution in [0.25, 0.3) is 0 Å². The molecule has 0 bridgehead atoms. The van der Waals surface area contributed by atoms with Gasteiger partial charge in [0.15, 0.2) is 0 Å². The van der Waals surface area contributed by atoms with Crippen molar-refractivity contribution in [1.82, 2.24) is 4.72 Å². The molecule has 3 rings (SSSR count). The predicted octanol–water partition coefficient (Wildman–Crippen LogP) is 4.83. The van der Waals surface area contributed by atoms with Gasteiger partial charge in [-0.1, -0.05) is 75.8 Å². The van der Waals surface area contributed by atoms with E-state index in [1.807, 2.05) is 61.5 Å². The third-order valence-corrected chi connectivity index (χ3v) is 6.03. The van der Waals surface area contributed by atoms with E-state index in [4.69, 9.17) is 0 Å². The van der Waals surface area contributed by atoms with Gasteiger partial charge in [0, 0.05) is 10.0 Å². The molecule has 0 spiro atoms. The highest BCUT2D eigenvalue weighted by Gasteiger charge is 2.20. The quantitative estimate of drug-likeness (QED) is 0.563. The van der Waals surface area contributed by atoms with E-state index < -0.39 is 16.1 Å². The fourth-order valence-corrected chi connectivity index (χ4v) is 3.91. The Morgan fingerprint density at radius 2 is 1.52 bits per heavy atom. The largest absolute Gasteiger partial charge is 0.241 e. The van der Waals surface area contributed by atoms with E-state index in [2.05, 4.69) is 44.3 Å². The predicted molar refractivity (Wildman–Crippen MR) is 119 cm³/mol. The number of nitrogens with one attached hydrogen (secondary N) is 1. The minimum absolute atomic E-state index is 0.197. The van der Waals surface area contributed by atoms with Gasteiger partial charge in [-0.2, -0.15) is 4.72 Å². The van der Waals surface area contributed by atoms with Gasteiger partial charge in [-0.05, 0) is 60.7 Å². The second-order valence-electron chi connectivity index (χ2n) is 6.30. The average molecular weight is 464 g/mol. The van der Waals surface area contributed by atoms with Gasteiger partial charge in [0.25, 0.3) is 0 Å². The molecule has 0 saturated heterocycles. The van der Waals surface area contributed by atoms with Crippen LogP contribution in [0.5, 0.6) is 0 Å². The van der Waals surface area contributed by atoms with Crippen LogP contribution in [0.3, 0.4) is 0 Å². The Morgan fingerprint density at radius 3 is 2.17 bits per heavy atom. The fourth-order valence-electron chi connectivity index (χ4n) is 2.51. The minimum Gasteiger partial charge on any atom is -0.207 e. The third-order valence-electron chi connectivity index (χ3n) is 4.07. The van der Waals surface area contributed by atoms with Crippen molar-refractivity contribution in [2.45, 2.75) is 17.9 Å². The lowest BCUT2D eigenvalue weighted by Crippen LogP contribution is -2.27. The average Bonchev–Trinajstić information content (AvgIpc) is 2.72. The first-order valence-corrected chi connectivity index (χ1v) is 11.1. The van der Waals surface area contributed by atoms with Crippen LogP contribution in [-0.4, -0.2) is 8.42 Å². The molecular weight excluding hydrogens is 446 g/mol. The summed E-state index contributed by atoms with van der Waals surface area (Å²) in [7, 11) is -3.74. The first kappa shape index (κ1) is 20.9. The lowest BCUT2D eigenvalue weighted by atomic mass is 10.1. The molecule has 29 heavy (non-hydrogen) atoms. The van der Waals surface area contributed by atoms with Gasteiger partial charge in [-0.25, -0.2) is 8.42 Å². The van der Waals surface area contributed by atoms with E-state index in [0.29, 0.717) is 0 Å². The molecular formula is C24H18BrNO2S. The Kier molecular flexibility index (Phi) is 6.90.